The molecule has 0 aliphatic carbocycles. The first-order chi connectivity index (χ1) is 10.7. The average molecular weight is 295 g/mol. The number of hydrogen-bond donors (Lipinski definition) is 0. The Bertz CT molecular complexity index is 623. The maximum Gasteiger partial charge on any atom is 0.103 e. The quantitative estimate of drug-likeness (QED) is 0.669. The fourth-order valence-corrected chi connectivity index (χ4v) is 3.42. The molecule has 2 aromatic rings. The van der Waals surface area contributed by atoms with Gasteiger partial charge in [-0.1, -0.05) is 35.9 Å². The van der Waals surface area contributed by atoms with Crippen LogP contribution < -0.4 is 0 Å². The number of rotatable bonds is 6. The Hall–Kier alpha value is -1.96. The summed E-state index contributed by atoms with van der Waals surface area (Å²) in [6.07, 6.45) is 5.18. The summed E-state index contributed by atoms with van der Waals surface area (Å²) in [5.41, 5.74) is 4.39. The van der Waals surface area contributed by atoms with Crippen molar-refractivity contribution >= 4 is 0 Å². The number of nitrogens with zero attached hydrogens (tertiary/aromatic N) is 1. The number of furan rings is 1. The molecule has 1 saturated heterocycles. The highest BCUT2D eigenvalue weighted by molar-refractivity contribution is 5.35. The van der Waals surface area contributed by atoms with Crippen molar-refractivity contribution in [3.05, 3.63) is 71.3 Å². The molecule has 1 fully saturated rings. The van der Waals surface area contributed by atoms with E-state index in [9.17, 15) is 0 Å². The largest absolute Gasteiger partial charge is 0.469 e. The maximum absolute atomic E-state index is 5.43. The zero-order chi connectivity index (χ0) is 15.5. The van der Waals surface area contributed by atoms with Gasteiger partial charge in [-0.3, -0.25) is 0 Å². The standard InChI is InChI=1S/C20H25NO/c1-15(2)20-19(13-7-11-18-12-8-14-22-18)21(20)16(3)17-9-5-4-6-10-17/h4-6,8-10,12,14,16,19H,7,11,13H2,1-3H3/t16-,19+,21?/m0/s1. The molecule has 0 N–H and O–H groups in total. The lowest BCUT2D eigenvalue weighted by atomic mass is 10.1. The van der Waals surface area contributed by atoms with E-state index in [1.165, 1.54) is 29.7 Å². The molecule has 3 rings (SSSR count). The van der Waals surface area contributed by atoms with Crippen molar-refractivity contribution in [1.82, 2.24) is 4.90 Å². The summed E-state index contributed by atoms with van der Waals surface area (Å²) in [4.78, 5) is 2.58. The topological polar surface area (TPSA) is 16.1 Å². The maximum atomic E-state index is 5.43. The molecule has 22 heavy (non-hydrogen) atoms. The molecular formula is C20H25NO. The predicted octanol–water partition coefficient (Wildman–Crippen LogP) is 5.34. The van der Waals surface area contributed by atoms with E-state index in [1.54, 1.807) is 6.26 Å². The lowest BCUT2D eigenvalue weighted by molar-refractivity contribution is 0.400. The molecule has 1 aliphatic heterocycles. The molecule has 0 unspecified atom stereocenters. The van der Waals surface area contributed by atoms with Crippen LogP contribution in [0.25, 0.3) is 0 Å². The first kappa shape index (κ1) is 15.0. The second kappa shape index (κ2) is 6.43. The van der Waals surface area contributed by atoms with E-state index in [0.29, 0.717) is 12.1 Å². The molecule has 1 aliphatic rings. The van der Waals surface area contributed by atoms with Gasteiger partial charge in [0.2, 0.25) is 0 Å². The highest BCUT2D eigenvalue weighted by Crippen LogP contribution is 2.46. The lowest BCUT2D eigenvalue weighted by Gasteiger charge is -2.15. The van der Waals surface area contributed by atoms with Gasteiger partial charge in [-0.25, -0.2) is 0 Å². The summed E-state index contributed by atoms with van der Waals surface area (Å²) in [6.45, 7) is 6.77. The van der Waals surface area contributed by atoms with Crippen LogP contribution in [0.3, 0.4) is 0 Å². The molecule has 2 atom stereocenters. The molecule has 2 nitrogen and oxygen atoms in total. The van der Waals surface area contributed by atoms with Gasteiger partial charge >= 0.3 is 0 Å². The van der Waals surface area contributed by atoms with Gasteiger partial charge in [-0.05, 0) is 51.3 Å². The van der Waals surface area contributed by atoms with Crippen molar-refractivity contribution in [1.29, 1.82) is 0 Å². The Kier molecular flexibility index (Phi) is 4.37. The van der Waals surface area contributed by atoms with Gasteiger partial charge in [0.25, 0.3) is 0 Å². The summed E-state index contributed by atoms with van der Waals surface area (Å²) in [6, 6.07) is 15.9. The van der Waals surface area contributed by atoms with Gasteiger partial charge in [-0.2, -0.15) is 0 Å². The van der Waals surface area contributed by atoms with Crippen molar-refractivity contribution in [2.75, 3.05) is 0 Å². The second-order valence-corrected chi connectivity index (χ2v) is 6.37. The second-order valence-electron chi connectivity index (χ2n) is 6.37. The predicted molar refractivity (Wildman–Crippen MR) is 90.5 cm³/mol. The van der Waals surface area contributed by atoms with Crippen molar-refractivity contribution < 1.29 is 4.42 Å². The molecule has 0 bridgehead atoms. The minimum absolute atomic E-state index is 0.458. The Morgan fingerprint density at radius 3 is 2.55 bits per heavy atom. The normalized spacial score (nSPS) is 18.4. The molecule has 1 aromatic carbocycles. The highest BCUT2D eigenvalue weighted by atomic mass is 16.3. The fraction of sp³-hybridized carbons (Fsp3) is 0.400. The molecule has 0 amide bonds. The van der Waals surface area contributed by atoms with E-state index in [4.69, 9.17) is 4.42 Å². The van der Waals surface area contributed by atoms with Crippen LogP contribution in [0.2, 0.25) is 0 Å². The lowest BCUT2D eigenvalue weighted by Crippen LogP contribution is -2.08. The van der Waals surface area contributed by atoms with Crippen LogP contribution in [0.1, 0.15) is 51.0 Å². The monoisotopic (exact) mass is 295 g/mol. The molecule has 1 aromatic heterocycles. The molecular weight excluding hydrogens is 270 g/mol. The highest BCUT2D eigenvalue weighted by Gasteiger charge is 2.43. The SMILES string of the molecule is CC(C)=C1[C@@H](CCCc2ccco2)N1[C@@H](C)c1ccccc1. The number of allylic oxidation sites excluding steroid dienone is 1. The molecule has 2 heterocycles. The van der Waals surface area contributed by atoms with Crippen LogP contribution in [-0.4, -0.2) is 10.9 Å². The summed E-state index contributed by atoms with van der Waals surface area (Å²) in [7, 11) is 0. The Labute approximate surface area is 133 Å². The van der Waals surface area contributed by atoms with Crippen LogP contribution in [0.5, 0.6) is 0 Å². The van der Waals surface area contributed by atoms with E-state index >= 15 is 0 Å². The number of benzene rings is 1. The molecule has 0 radical (unpaired) electrons. The van der Waals surface area contributed by atoms with Crippen molar-refractivity contribution in [2.24, 2.45) is 0 Å². The molecule has 2 heteroatoms. The summed E-state index contributed by atoms with van der Waals surface area (Å²) in [5, 5.41) is 0. The van der Waals surface area contributed by atoms with E-state index in [-0.39, 0.29) is 0 Å². The minimum atomic E-state index is 0.458. The van der Waals surface area contributed by atoms with Gasteiger partial charge < -0.3 is 9.32 Å². The zero-order valence-electron chi connectivity index (χ0n) is 13.8. The van der Waals surface area contributed by atoms with Gasteiger partial charge in [0.1, 0.15) is 5.76 Å². The van der Waals surface area contributed by atoms with Gasteiger partial charge in [-0.15, -0.1) is 0 Å². The third-order valence-electron chi connectivity index (χ3n) is 4.55. The van der Waals surface area contributed by atoms with Crippen molar-refractivity contribution in [2.45, 2.75) is 52.1 Å². The van der Waals surface area contributed by atoms with E-state index in [1.807, 2.05) is 6.07 Å². The minimum Gasteiger partial charge on any atom is -0.469 e. The van der Waals surface area contributed by atoms with Crippen molar-refractivity contribution in [3.8, 4) is 0 Å². The summed E-state index contributed by atoms with van der Waals surface area (Å²) >= 11 is 0. The smallest absolute Gasteiger partial charge is 0.103 e. The number of hydrogen-bond acceptors (Lipinski definition) is 2. The zero-order valence-corrected chi connectivity index (χ0v) is 13.8. The molecule has 0 saturated carbocycles. The van der Waals surface area contributed by atoms with Gasteiger partial charge in [0.15, 0.2) is 0 Å². The Balaban J connectivity index is 1.62. The Morgan fingerprint density at radius 1 is 1.14 bits per heavy atom. The fourth-order valence-electron chi connectivity index (χ4n) is 3.42. The third kappa shape index (κ3) is 3.11. The van der Waals surface area contributed by atoms with E-state index < -0.39 is 0 Å². The molecule has 116 valence electrons. The van der Waals surface area contributed by atoms with Crippen LogP contribution in [0.4, 0.5) is 0 Å². The van der Waals surface area contributed by atoms with E-state index in [2.05, 4.69) is 62.1 Å². The number of aryl methyl sites for hydroxylation is 1. The Morgan fingerprint density at radius 2 is 1.91 bits per heavy atom. The first-order valence-corrected chi connectivity index (χ1v) is 8.21. The van der Waals surface area contributed by atoms with E-state index in [0.717, 1.165) is 12.2 Å². The summed E-state index contributed by atoms with van der Waals surface area (Å²) < 4.78 is 5.43. The van der Waals surface area contributed by atoms with Crippen LogP contribution >= 0.6 is 0 Å². The third-order valence-corrected chi connectivity index (χ3v) is 4.55. The first-order valence-electron chi connectivity index (χ1n) is 8.21. The van der Waals surface area contributed by atoms with Crippen molar-refractivity contribution in [3.63, 3.8) is 0 Å². The van der Waals surface area contributed by atoms with Crippen LogP contribution in [-0.2, 0) is 6.42 Å². The van der Waals surface area contributed by atoms with Crippen LogP contribution in [0.15, 0.2) is 64.4 Å². The molecule has 0 spiro atoms. The summed E-state index contributed by atoms with van der Waals surface area (Å²) in [5.74, 6) is 1.10. The van der Waals surface area contributed by atoms with Gasteiger partial charge in [0.05, 0.1) is 18.3 Å². The average Bonchev–Trinajstić information content (AvgIpc) is 3.01. The van der Waals surface area contributed by atoms with Crippen LogP contribution in [0, 0.1) is 0 Å². The van der Waals surface area contributed by atoms with Gasteiger partial charge in [0, 0.05) is 12.1 Å².